The highest BCUT2D eigenvalue weighted by molar-refractivity contribution is 6.12. The average Bonchev–Trinajstić information content (AvgIpc) is 3.73. The van der Waals surface area contributed by atoms with Crippen LogP contribution >= 0.6 is 0 Å². The lowest BCUT2D eigenvalue weighted by atomic mass is 9.97. The van der Waals surface area contributed by atoms with Gasteiger partial charge in [-0.15, -0.1) is 0 Å². The van der Waals surface area contributed by atoms with Gasteiger partial charge in [0.2, 0.25) is 0 Å². The van der Waals surface area contributed by atoms with Crippen LogP contribution in [-0.2, 0) is 6.18 Å². The van der Waals surface area contributed by atoms with Gasteiger partial charge < -0.3 is 9.13 Å². The Balaban J connectivity index is 1.32. The van der Waals surface area contributed by atoms with E-state index in [0.29, 0.717) is 22.1 Å². The molecule has 0 atom stereocenters. The fourth-order valence-electron chi connectivity index (χ4n) is 8.21. The molecule has 0 fully saturated rings. The maximum Gasteiger partial charge on any atom is 0.418 e. The molecule has 0 amide bonds. The van der Waals surface area contributed by atoms with E-state index >= 15 is 22.0 Å². The SMILES string of the molecule is Fc1cccc(F)c1-c1cc(-n2c3ccccc3c3cc(-c4ccccc4)ccc32)c(C(F)(F)F)cc1-n1c2ccccc2c2cc(-c3ccccc3)ccc21. The minimum atomic E-state index is -4.86. The standard InChI is InChI=1S/C49H29F5N2/c50-40-18-11-19-41(51)48(40)38-28-47(56-43-21-10-8-17-35(43)37-27-33(23-25-45(37)56)31-14-5-2-6-15-31)39(49(52,53)54)29-46(38)55-42-20-9-7-16-34(42)36-26-32(22-24-44(36)55)30-12-3-1-4-13-30/h1-29H. The minimum absolute atomic E-state index is 0.00383. The maximum atomic E-state index is 16.1. The van der Waals surface area contributed by atoms with Crippen LogP contribution in [0.2, 0.25) is 0 Å². The molecule has 0 aliphatic carbocycles. The van der Waals surface area contributed by atoms with Crippen molar-refractivity contribution in [1.29, 1.82) is 0 Å². The molecule has 2 nitrogen and oxygen atoms in total. The molecule has 10 rings (SSSR count). The van der Waals surface area contributed by atoms with Crippen LogP contribution in [0.5, 0.6) is 0 Å². The van der Waals surface area contributed by atoms with E-state index in [1.807, 2.05) is 127 Å². The lowest BCUT2D eigenvalue weighted by Gasteiger charge is -2.22. The largest absolute Gasteiger partial charge is 0.418 e. The van der Waals surface area contributed by atoms with E-state index in [1.54, 1.807) is 27.3 Å². The van der Waals surface area contributed by atoms with E-state index in [1.165, 1.54) is 12.1 Å². The first kappa shape index (κ1) is 33.6. The van der Waals surface area contributed by atoms with Crippen molar-refractivity contribution in [2.24, 2.45) is 0 Å². The zero-order valence-electron chi connectivity index (χ0n) is 29.5. The molecule has 0 aliphatic heterocycles. The summed E-state index contributed by atoms with van der Waals surface area (Å²) in [4.78, 5) is 0. The fraction of sp³-hybridized carbons (Fsp3) is 0.0204. The lowest BCUT2D eigenvalue weighted by molar-refractivity contribution is -0.137. The predicted octanol–water partition coefficient (Wildman–Crippen LogP) is 14.2. The third-order valence-corrected chi connectivity index (χ3v) is 10.7. The number of hydrogen-bond donors (Lipinski definition) is 0. The summed E-state index contributed by atoms with van der Waals surface area (Å²) in [6.45, 7) is 0. The third kappa shape index (κ3) is 5.30. The van der Waals surface area contributed by atoms with Crippen LogP contribution in [0.15, 0.2) is 176 Å². The predicted molar refractivity (Wildman–Crippen MR) is 216 cm³/mol. The Bertz CT molecular complexity index is 3120. The Labute approximate surface area is 317 Å². The van der Waals surface area contributed by atoms with Gasteiger partial charge in [0.05, 0.1) is 44.6 Å². The molecule has 2 heterocycles. The quantitative estimate of drug-likeness (QED) is 0.156. The van der Waals surface area contributed by atoms with Gasteiger partial charge in [-0.25, -0.2) is 8.78 Å². The van der Waals surface area contributed by atoms with Crippen LogP contribution in [-0.4, -0.2) is 9.13 Å². The number of fused-ring (bicyclic) bond motifs is 6. The molecule has 270 valence electrons. The van der Waals surface area contributed by atoms with E-state index in [2.05, 4.69) is 0 Å². The summed E-state index contributed by atoms with van der Waals surface area (Å²) >= 11 is 0. The molecule has 0 bridgehead atoms. The average molecular weight is 741 g/mol. The summed E-state index contributed by atoms with van der Waals surface area (Å²) in [6, 6.07) is 51.5. The van der Waals surface area contributed by atoms with Crippen LogP contribution in [0.25, 0.3) is 88.4 Å². The van der Waals surface area contributed by atoms with E-state index in [-0.39, 0.29) is 16.9 Å². The van der Waals surface area contributed by atoms with Gasteiger partial charge in [0.1, 0.15) is 11.6 Å². The van der Waals surface area contributed by atoms with Gasteiger partial charge in [-0.3, -0.25) is 0 Å². The molecule has 56 heavy (non-hydrogen) atoms. The van der Waals surface area contributed by atoms with Crippen molar-refractivity contribution in [2.45, 2.75) is 6.18 Å². The number of nitrogens with zero attached hydrogens (tertiary/aromatic N) is 2. The van der Waals surface area contributed by atoms with Crippen molar-refractivity contribution in [3.8, 4) is 44.8 Å². The van der Waals surface area contributed by atoms with Gasteiger partial charge in [0.15, 0.2) is 0 Å². The fourth-order valence-corrected chi connectivity index (χ4v) is 8.21. The first-order valence-electron chi connectivity index (χ1n) is 18.1. The minimum Gasteiger partial charge on any atom is -0.309 e. The van der Waals surface area contributed by atoms with E-state index in [0.717, 1.165) is 62.0 Å². The molecule has 0 aliphatic rings. The third-order valence-electron chi connectivity index (χ3n) is 10.7. The van der Waals surface area contributed by atoms with Crippen LogP contribution < -0.4 is 0 Å². The Morgan fingerprint density at radius 2 is 0.804 bits per heavy atom. The molecular weight excluding hydrogens is 712 g/mol. The summed E-state index contributed by atoms with van der Waals surface area (Å²) in [6.07, 6.45) is -4.86. The molecule has 2 aromatic heterocycles. The van der Waals surface area contributed by atoms with Gasteiger partial charge >= 0.3 is 6.18 Å². The molecule has 0 saturated carbocycles. The zero-order valence-corrected chi connectivity index (χ0v) is 29.5. The zero-order chi connectivity index (χ0) is 38.1. The number of hydrogen-bond acceptors (Lipinski definition) is 0. The van der Waals surface area contributed by atoms with Crippen LogP contribution in [0.3, 0.4) is 0 Å². The van der Waals surface area contributed by atoms with Crippen molar-refractivity contribution in [3.63, 3.8) is 0 Å². The molecule has 0 N–H and O–H groups in total. The second-order valence-electron chi connectivity index (χ2n) is 13.9. The molecule has 0 saturated heterocycles. The van der Waals surface area contributed by atoms with Crippen LogP contribution in [0.1, 0.15) is 5.56 Å². The maximum absolute atomic E-state index is 16.1. The number of alkyl halides is 3. The highest BCUT2D eigenvalue weighted by Gasteiger charge is 2.37. The molecule has 7 heteroatoms. The first-order chi connectivity index (χ1) is 27.3. The molecular formula is C49H29F5N2. The lowest BCUT2D eigenvalue weighted by Crippen LogP contribution is -2.13. The van der Waals surface area contributed by atoms with E-state index < -0.39 is 28.9 Å². The van der Waals surface area contributed by atoms with Crippen molar-refractivity contribution >= 4 is 43.6 Å². The van der Waals surface area contributed by atoms with E-state index in [4.69, 9.17) is 0 Å². The van der Waals surface area contributed by atoms with Crippen LogP contribution in [0.4, 0.5) is 22.0 Å². The number of benzene rings is 8. The van der Waals surface area contributed by atoms with Gasteiger partial charge in [-0.1, -0.05) is 115 Å². The van der Waals surface area contributed by atoms with Crippen molar-refractivity contribution in [1.82, 2.24) is 9.13 Å². The second-order valence-corrected chi connectivity index (χ2v) is 13.9. The number of rotatable bonds is 5. The number of para-hydroxylation sites is 2. The highest BCUT2D eigenvalue weighted by Crippen LogP contribution is 2.46. The Hall–Kier alpha value is -6.99. The molecule has 0 spiro atoms. The summed E-state index contributed by atoms with van der Waals surface area (Å²) in [5, 5.41) is 3.06. The van der Waals surface area contributed by atoms with Gasteiger partial charge in [-0.05, 0) is 82.9 Å². The second kappa shape index (κ2) is 12.8. The molecule has 0 radical (unpaired) electrons. The van der Waals surface area contributed by atoms with E-state index in [9.17, 15) is 0 Å². The number of halogens is 5. The summed E-state index contributed by atoms with van der Waals surface area (Å²) < 4.78 is 82.6. The Morgan fingerprint density at radius 1 is 0.357 bits per heavy atom. The summed E-state index contributed by atoms with van der Waals surface area (Å²) in [5.41, 5.74) is 4.37. The molecule has 8 aromatic carbocycles. The molecule has 10 aromatic rings. The summed E-state index contributed by atoms with van der Waals surface area (Å²) in [7, 11) is 0. The normalized spacial score (nSPS) is 12.0. The Kier molecular flexibility index (Phi) is 7.68. The highest BCUT2D eigenvalue weighted by atomic mass is 19.4. The van der Waals surface area contributed by atoms with Crippen molar-refractivity contribution in [2.75, 3.05) is 0 Å². The van der Waals surface area contributed by atoms with Gasteiger partial charge in [0.25, 0.3) is 0 Å². The van der Waals surface area contributed by atoms with Crippen molar-refractivity contribution < 1.29 is 22.0 Å². The Morgan fingerprint density at radius 3 is 1.30 bits per heavy atom. The monoisotopic (exact) mass is 740 g/mol. The van der Waals surface area contributed by atoms with Crippen molar-refractivity contribution in [3.05, 3.63) is 193 Å². The van der Waals surface area contributed by atoms with Crippen LogP contribution in [0, 0.1) is 11.6 Å². The topological polar surface area (TPSA) is 9.86 Å². The number of aromatic nitrogens is 2. The smallest absolute Gasteiger partial charge is 0.309 e. The van der Waals surface area contributed by atoms with Gasteiger partial charge in [-0.2, -0.15) is 13.2 Å². The van der Waals surface area contributed by atoms with Gasteiger partial charge in [0, 0.05) is 27.1 Å². The summed E-state index contributed by atoms with van der Waals surface area (Å²) in [5.74, 6) is -1.78. The molecule has 0 unspecified atom stereocenters. The first-order valence-corrected chi connectivity index (χ1v) is 18.1.